The monoisotopic (exact) mass is 478 g/mol. The van der Waals surface area contributed by atoms with Crippen LogP contribution in [0.4, 0.5) is 5.69 Å². The summed E-state index contributed by atoms with van der Waals surface area (Å²) in [6.45, 7) is 3.77. The molecule has 1 aliphatic carbocycles. The predicted molar refractivity (Wildman–Crippen MR) is 137 cm³/mol. The smallest absolute Gasteiger partial charge is 0.262 e. The highest BCUT2D eigenvalue weighted by Gasteiger charge is 2.22. The van der Waals surface area contributed by atoms with Crippen molar-refractivity contribution in [1.29, 1.82) is 0 Å². The Balaban J connectivity index is 1.55. The second-order valence-electron chi connectivity index (χ2n) is 8.89. The van der Waals surface area contributed by atoms with Crippen LogP contribution in [0.15, 0.2) is 58.5 Å². The van der Waals surface area contributed by atoms with Gasteiger partial charge in [-0.25, -0.2) is 4.98 Å². The van der Waals surface area contributed by atoms with Gasteiger partial charge in [0.15, 0.2) is 5.16 Å². The molecular formula is C26H30N4O3S. The van der Waals surface area contributed by atoms with Gasteiger partial charge in [0.05, 0.1) is 27.9 Å². The zero-order valence-corrected chi connectivity index (χ0v) is 20.4. The minimum absolute atomic E-state index is 0.0117. The van der Waals surface area contributed by atoms with Gasteiger partial charge < -0.3 is 10.6 Å². The van der Waals surface area contributed by atoms with Crippen LogP contribution in [0.25, 0.3) is 10.9 Å². The number of rotatable bonds is 7. The van der Waals surface area contributed by atoms with Crippen LogP contribution in [0.5, 0.6) is 0 Å². The molecule has 0 unspecified atom stereocenters. The molecule has 34 heavy (non-hydrogen) atoms. The molecule has 4 rings (SSSR count). The van der Waals surface area contributed by atoms with Gasteiger partial charge in [-0.2, -0.15) is 0 Å². The first-order valence-electron chi connectivity index (χ1n) is 11.8. The number of para-hydroxylation sites is 2. The van der Waals surface area contributed by atoms with Crippen LogP contribution in [-0.4, -0.2) is 33.2 Å². The molecule has 8 heteroatoms. The lowest BCUT2D eigenvalue weighted by molar-refractivity contribution is -0.113. The number of anilines is 1. The minimum Gasteiger partial charge on any atom is -0.350 e. The standard InChI is InChI=1S/C26H30N4O3S/c1-17(2)27-24(32)19-12-6-8-14-21(19)28-23(31)16-34-26-29-22-15-9-7-13-20(22)25(33)30(26)18-10-4-3-5-11-18/h6-9,12-15,17-18H,3-5,10-11,16H2,1-2H3,(H,27,32)(H,28,31). The highest BCUT2D eigenvalue weighted by atomic mass is 32.2. The molecule has 2 amide bonds. The zero-order chi connectivity index (χ0) is 24.1. The van der Waals surface area contributed by atoms with Crippen molar-refractivity contribution in [2.24, 2.45) is 0 Å². The lowest BCUT2D eigenvalue weighted by Gasteiger charge is -2.26. The minimum atomic E-state index is -0.257. The molecule has 1 saturated carbocycles. The van der Waals surface area contributed by atoms with E-state index in [9.17, 15) is 14.4 Å². The molecule has 0 spiro atoms. The number of carbonyl (C=O) groups excluding carboxylic acids is 2. The van der Waals surface area contributed by atoms with Gasteiger partial charge in [0.2, 0.25) is 5.91 Å². The van der Waals surface area contributed by atoms with Gasteiger partial charge in [-0.15, -0.1) is 0 Å². The summed E-state index contributed by atoms with van der Waals surface area (Å²) in [4.78, 5) is 43.4. The van der Waals surface area contributed by atoms with E-state index in [0.717, 1.165) is 25.7 Å². The zero-order valence-electron chi connectivity index (χ0n) is 19.5. The summed E-state index contributed by atoms with van der Waals surface area (Å²) in [6.07, 6.45) is 5.24. The molecule has 0 aliphatic heterocycles. The maximum Gasteiger partial charge on any atom is 0.262 e. The Labute approximate surface area is 203 Å². The summed E-state index contributed by atoms with van der Waals surface area (Å²) in [5.41, 5.74) is 1.47. The Morgan fingerprint density at radius 1 is 1.06 bits per heavy atom. The maximum absolute atomic E-state index is 13.4. The lowest BCUT2D eigenvalue weighted by atomic mass is 9.95. The summed E-state index contributed by atoms with van der Waals surface area (Å²) in [7, 11) is 0. The van der Waals surface area contributed by atoms with Crippen molar-refractivity contribution < 1.29 is 9.59 Å². The first-order chi connectivity index (χ1) is 16.4. The number of nitrogens with one attached hydrogen (secondary N) is 2. The number of aromatic nitrogens is 2. The van der Waals surface area contributed by atoms with E-state index in [0.29, 0.717) is 27.3 Å². The van der Waals surface area contributed by atoms with Gasteiger partial charge in [0, 0.05) is 12.1 Å². The third-order valence-corrected chi connectivity index (χ3v) is 6.87. The maximum atomic E-state index is 13.4. The molecule has 1 aliphatic rings. The highest BCUT2D eigenvalue weighted by molar-refractivity contribution is 7.99. The van der Waals surface area contributed by atoms with Gasteiger partial charge in [-0.05, 0) is 51.0 Å². The quantitative estimate of drug-likeness (QED) is 0.377. The predicted octanol–water partition coefficient (Wildman–Crippen LogP) is 4.77. The fourth-order valence-electron chi connectivity index (χ4n) is 4.34. The van der Waals surface area contributed by atoms with Crippen molar-refractivity contribution in [1.82, 2.24) is 14.9 Å². The summed E-state index contributed by atoms with van der Waals surface area (Å²) in [6, 6.07) is 14.4. The fraction of sp³-hybridized carbons (Fsp3) is 0.385. The number of fused-ring (bicyclic) bond motifs is 1. The first kappa shape index (κ1) is 24.0. The number of amides is 2. The summed E-state index contributed by atoms with van der Waals surface area (Å²) >= 11 is 1.26. The molecular weight excluding hydrogens is 448 g/mol. The molecule has 3 aromatic rings. The average molecular weight is 479 g/mol. The van der Waals surface area contributed by atoms with Gasteiger partial charge in [-0.1, -0.05) is 55.3 Å². The van der Waals surface area contributed by atoms with Crippen LogP contribution in [0.2, 0.25) is 0 Å². The van der Waals surface area contributed by atoms with Crippen molar-refractivity contribution in [2.75, 3.05) is 11.1 Å². The van der Waals surface area contributed by atoms with Crippen LogP contribution >= 0.6 is 11.8 Å². The van der Waals surface area contributed by atoms with Gasteiger partial charge >= 0.3 is 0 Å². The van der Waals surface area contributed by atoms with Crippen molar-refractivity contribution in [3.63, 3.8) is 0 Å². The highest BCUT2D eigenvalue weighted by Crippen LogP contribution is 2.31. The fourth-order valence-corrected chi connectivity index (χ4v) is 5.20. The molecule has 0 radical (unpaired) electrons. The Morgan fingerprint density at radius 2 is 1.76 bits per heavy atom. The molecule has 2 N–H and O–H groups in total. The van der Waals surface area contributed by atoms with Crippen LogP contribution in [0, 0.1) is 0 Å². The summed E-state index contributed by atoms with van der Waals surface area (Å²) in [5, 5.41) is 6.87. The number of thioether (sulfide) groups is 1. The molecule has 0 bridgehead atoms. The van der Waals surface area contributed by atoms with Crippen LogP contribution in [-0.2, 0) is 4.79 Å². The van der Waals surface area contributed by atoms with E-state index in [2.05, 4.69) is 10.6 Å². The van der Waals surface area contributed by atoms with Crippen molar-refractivity contribution in [3.05, 3.63) is 64.4 Å². The Kier molecular flexibility index (Phi) is 7.67. The van der Waals surface area contributed by atoms with Gasteiger partial charge in [0.25, 0.3) is 11.5 Å². The van der Waals surface area contributed by atoms with E-state index < -0.39 is 0 Å². The summed E-state index contributed by atoms with van der Waals surface area (Å²) < 4.78 is 1.80. The number of benzene rings is 2. The lowest BCUT2D eigenvalue weighted by Crippen LogP contribution is -2.31. The second-order valence-corrected chi connectivity index (χ2v) is 9.83. The summed E-state index contributed by atoms with van der Waals surface area (Å²) in [5.74, 6) is -0.411. The second kappa shape index (κ2) is 10.9. The molecule has 0 saturated heterocycles. The van der Waals surface area contributed by atoms with Crippen molar-refractivity contribution >= 4 is 40.2 Å². The van der Waals surface area contributed by atoms with Gasteiger partial charge in [-0.3, -0.25) is 19.0 Å². The van der Waals surface area contributed by atoms with E-state index in [4.69, 9.17) is 4.98 Å². The first-order valence-corrected chi connectivity index (χ1v) is 12.8. The number of nitrogens with zero attached hydrogens (tertiary/aromatic N) is 2. The topological polar surface area (TPSA) is 93.1 Å². The van der Waals surface area contributed by atoms with E-state index in [-0.39, 0.29) is 35.2 Å². The third-order valence-electron chi connectivity index (χ3n) is 5.91. The SMILES string of the molecule is CC(C)NC(=O)c1ccccc1NC(=O)CSc1nc2ccccc2c(=O)n1C1CCCCC1. The van der Waals surface area contributed by atoms with E-state index >= 15 is 0 Å². The van der Waals surface area contributed by atoms with Crippen LogP contribution in [0.3, 0.4) is 0 Å². The number of hydrogen-bond acceptors (Lipinski definition) is 5. The van der Waals surface area contributed by atoms with Crippen molar-refractivity contribution in [3.8, 4) is 0 Å². The molecule has 1 fully saturated rings. The van der Waals surface area contributed by atoms with E-state index in [1.165, 1.54) is 18.2 Å². The van der Waals surface area contributed by atoms with E-state index in [1.807, 2.05) is 38.1 Å². The van der Waals surface area contributed by atoms with Crippen LogP contribution < -0.4 is 16.2 Å². The molecule has 178 valence electrons. The van der Waals surface area contributed by atoms with E-state index in [1.54, 1.807) is 28.8 Å². The average Bonchev–Trinajstić information content (AvgIpc) is 2.83. The number of hydrogen-bond donors (Lipinski definition) is 2. The van der Waals surface area contributed by atoms with Crippen molar-refractivity contribution in [2.45, 2.75) is 63.2 Å². The molecule has 2 aromatic carbocycles. The molecule has 1 heterocycles. The van der Waals surface area contributed by atoms with Gasteiger partial charge in [0.1, 0.15) is 0 Å². The largest absolute Gasteiger partial charge is 0.350 e. The molecule has 7 nitrogen and oxygen atoms in total. The van der Waals surface area contributed by atoms with Crippen LogP contribution in [0.1, 0.15) is 62.4 Å². The number of carbonyl (C=O) groups is 2. The Hall–Kier alpha value is -3.13. The Bertz CT molecular complexity index is 1250. The Morgan fingerprint density at radius 3 is 2.53 bits per heavy atom. The molecule has 1 aromatic heterocycles. The normalized spacial score (nSPS) is 14.3. The third kappa shape index (κ3) is 5.50. The molecule has 0 atom stereocenters.